The molecule has 4 aromatic rings. The van der Waals surface area contributed by atoms with Gasteiger partial charge in [0.15, 0.2) is 0 Å². The Morgan fingerprint density at radius 1 is 0.444 bits per heavy atom. The maximum atomic E-state index is 5.88. The van der Waals surface area contributed by atoms with E-state index in [2.05, 4.69) is 66.7 Å². The van der Waals surface area contributed by atoms with E-state index in [-0.39, 0.29) is 0 Å². The van der Waals surface area contributed by atoms with Gasteiger partial charge in [0.1, 0.15) is 23.0 Å². The van der Waals surface area contributed by atoms with Gasteiger partial charge in [-0.2, -0.15) is 0 Å². The fourth-order valence-electron chi connectivity index (χ4n) is 5.11. The third kappa shape index (κ3) is 4.64. The first-order valence-corrected chi connectivity index (χ1v) is 12.3. The van der Waals surface area contributed by atoms with Crippen LogP contribution < -0.4 is 18.9 Å². The molecule has 4 heteroatoms. The van der Waals surface area contributed by atoms with Crippen LogP contribution in [-0.4, -0.2) is 28.4 Å². The summed E-state index contributed by atoms with van der Waals surface area (Å²) in [5.74, 6) is 3.53. The lowest BCUT2D eigenvalue weighted by Gasteiger charge is -2.16. The molecule has 0 saturated carbocycles. The molecule has 36 heavy (non-hydrogen) atoms. The molecule has 0 amide bonds. The molecule has 0 fully saturated rings. The molecule has 4 aromatic carbocycles. The van der Waals surface area contributed by atoms with Gasteiger partial charge in [-0.05, 0) is 95.5 Å². The van der Waals surface area contributed by atoms with Gasteiger partial charge < -0.3 is 18.9 Å². The van der Waals surface area contributed by atoms with Crippen molar-refractivity contribution in [3.05, 3.63) is 95.1 Å². The molecule has 8 rings (SSSR count). The minimum absolute atomic E-state index is 0.855. The Hall–Kier alpha value is -3.92. The Balaban J connectivity index is 1.68. The maximum absolute atomic E-state index is 5.88. The van der Waals surface area contributed by atoms with E-state index >= 15 is 0 Å². The standard InChI is InChI=1S/C32H32O4/c1-33-26-12-15-27-24(20-26)9-5-21-7-13-28(31(17-21)35-3)23-11-16-30(34-2)25(19-23)10-6-22-8-14-29(27)32(18-22)36-4/h7-8,11-20H,5-6,9-10H2,1-4H3. The van der Waals surface area contributed by atoms with Crippen LogP contribution in [0.5, 0.6) is 23.0 Å². The summed E-state index contributed by atoms with van der Waals surface area (Å²) in [7, 11) is 6.93. The van der Waals surface area contributed by atoms with Crippen molar-refractivity contribution in [2.45, 2.75) is 25.7 Å². The van der Waals surface area contributed by atoms with Crippen LogP contribution in [0.15, 0.2) is 72.8 Å². The van der Waals surface area contributed by atoms with Crippen molar-refractivity contribution >= 4 is 0 Å². The fraction of sp³-hybridized carbons (Fsp3) is 0.250. The van der Waals surface area contributed by atoms with Gasteiger partial charge in [-0.3, -0.25) is 0 Å². The monoisotopic (exact) mass is 480 g/mol. The zero-order chi connectivity index (χ0) is 25.1. The number of benzene rings is 4. The molecule has 4 aliphatic carbocycles. The summed E-state index contributed by atoms with van der Waals surface area (Å²) in [4.78, 5) is 0. The van der Waals surface area contributed by atoms with E-state index in [0.717, 1.165) is 65.4 Å². The van der Waals surface area contributed by atoms with Gasteiger partial charge in [0.2, 0.25) is 0 Å². The molecule has 6 bridgehead atoms. The lowest BCUT2D eigenvalue weighted by Crippen LogP contribution is -1.99. The first kappa shape index (κ1) is 23.8. The predicted molar refractivity (Wildman–Crippen MR) is 145 cm³/mol. The molecule has 0 heterocycles. The Kier molecular flexibility index (Phi) is 6.86. The van der Waals surface area contributed by atoms with Crippen molar-refractivity contribution < 1.29 is 18.9 Å². The minimum Gasteiger partial charge on any atom is -0.497 e. The highest BCUT2D eigenvalue weighted by Crippen LogP contribution is 2.38. The zero-order valence-electron chi connectivity index (χ0n) is 21.4. The normalized spacial score (nSPS) is 12.6. The van der Waals surface area contributed by atoms with Crippen molar-refractivity contribution in [1.29, 1.82) is 0 Å². The number of rotatable bonds is 4. The van der Waals surface area contributed by atoms with Gasteiger partial charge in [-0.15, -0.1) is 0 Å². The lowest BCUT2D eigenvalue weighted by molar-refractivity contribution is 0.409. The summed E-state index contributed by atoms with van der Waals surface area (Å²) in [6, 6.07) is 25.8. The van der Waals surface area contributed by atoms with E-state index in [1.165, 1.54) is 27.8 Å². The molecule has 0 radical (unpaired) electrons. The summed E-state index contributed by atoms with van der Waals surface area (Å²) in [5, 5.41) is 0. The van der Waals surface area contributed by atoms with Crippen LogP contribution in [0.3, 0.4) is 0 Å². The smallest absolute Gasteiger partial charge is 0.126 e. The van der Waals surface area contributed by atoms with Crippen LogP contribution >= 0.6 is 0 Å². The second kappa shape index (κ2) is 10.4. The van der Waals surface area contributed by atoms with Gasteiger partial charge in [-0.25, -0.2) is 0 Å². The number of aryl methyl sites for hydroxylation is 4. The first-order chi connectivity index (χ1) is 17.6. The molecule has 4 nitrogen and oxygen atoms in total. The third-order valence-electron chi connectivity index (χ3n) is 7.09. The molecule has 0 aromatic heterocycles. The van der Waals surface area contributed by atoms with Crippen molar-refractivity contribution in [2.75, 3.05) is 28.4 Å². The Morgan fingerprint density at radius 2 is 1.06 bits per heavy atom. The molecule has 0 saturated heterocycles. The fourth-order valence-corrected chi connectivity index (χ4v) is 5.11. The van der Waals surface area contributed by atoms with Crippen molar-refractivity contribution in [1.82, 2.24) is 0 Å². The molecular formula is C32H32O4. The van der Waals surface area contributed by atoms with Crippen molar-refractivity contribution in [3.63, 3.8) is 0 Å². The van der Waals surface area contributed by atoms with Gasteiger partial charge in [0.25, 0.3) is 0 Å². The number of hydrogen-bond donors (Lipinski definition) is 0. The quantitative estimate of drug-likeness (QED) is 0.317. The van der Waals surface area contributed by atoms with Crippen LogP contribution in [0.25, 0.3) is 22.3 Å². The average Bonchev–Trinajstić information content (AvgIpc) is 2.94. The molecule has 0 atom stereocenters. The minimum atomic E-state index is 0.855. The van der Waals surface area contributed by atoms with E-state index in [1.807, 2.05) is 6.07 Å². The van der Waals surface area contributed by atoms with Gasteiger partial charge in [-0.1, -0.05) is 36.4 Å². The van der Waals surface area contributed by atoms with E-state index in [4.69, 9.17) is 18.9 Å². The molecule has 0 spiro atoms. The first-order valence-electron chi connectivity index (χ1n) is 12.3. The highest BCUT2D eigenvalue weighted by molar-refractivity contribution is 5.75. The highest BCUT2D eigenvalue weighted by atomic mass is 16.5. The number of ether oxygens (including phenoxy) is 4. The van der Waals surface area contributed by atoms with E-state index in [1.54, 1.807) is 28.4 Å². The predicted octanol–water partition coefficient (Wildman–Crippen LogP) is 6.94. The summed E-state index contributed by atoms with van der Waals surface area (Å²) in [5.41, 5.74) is 9.32. The van der Waals surface area contributed by atoms with Gasteiger partial charge >= 0.3 is 0 Å². The van der Waals surface area contributed by atoms with Crippen LogP contribution in [-0.2, 0) is 25.7 Å². The van der Waals surface area contributed by atoms with E-state index in [0.29, 0.717) is 0 Å². The summed E-state index contributed by atoms with van der Waals surface area (Å²) >= 11 is 0. The average molecular weight is 481 g/mol. The summed E-state index contributed by atoms with van der Waals surface area (Å²) < 4.78 is 23.0. The van der Waals surface area contributed by atoms with Crippen LogP contribution in [0, 0.1) is 0 Å². The highest BCUT2D eigenvalue weighted by Gasteiger charge is 2.16. The molecule has 184 valence electrons. The Bertz CT molecular complexity index is 1390. The lowest BCUT2D eigenvalue weighted by atomic mass is 9.93. The van der Waals surface area contributed by atoms with Crippen LogP contribution in [0.2, 0.25) is 0 Å². The molecule has 0 unspecified atom stereocenters. The van der Waals surface area contributed by atoms with Crippen LogP contribution in [0.1, 0.15) is 22.3 Å². The summed E-state index contributed by atoms with van der Waals surface area (Å²) in [6.45, 7) is 0. The van der Waals surface area contributed by atoms with Gasteiger partial charge in [0.05, 0.1) is 28.4 Å². The van der Waals surface area contributed by atoms with E-state index in [9.17, 15) is 0 Å². The second-order valence-electron chi connectivity index (χ2n) is 9.12. The van der Waals surface area contributed by atoms with Crippen molar-refractivity contribution in [2.24, 2.45) is 0 Å². The topological polar surface area (TPSA) is 36.9 Å². The SMILES string of the molecule is COc1ccc2c(c1)CCc1ccc(c(OC)c1)-c1ccc(OC)c(c1)CCc1ccc-2c(OC)c1. The second-order valence-corrected chi connectivity index (χ2v) is 9.12. The summed E-state index contributed by atoms with van der Waals surface area (Å²) in [6.07, 6.45) is 3.48. The third-order valence-corrected chi connectivity index (χ3v) is 7.09. The van der Waals surface area contributed by atoms with Gasteiger partial charge in [0, 0.05) is 11.1 Å². The zero-order valence-corrected chi connectivity index (χ0v) is 21.4. The van der Waals surface area contributed by atoms with E-state index < -0.39 is 0 Å². The molecule has 0 N–H and O–H groups in total. The Labute approximate surface area is 213 Å². The van der Waals surface area contributed by atoms with Crippen molar-refractivity contribution in [3.8, 4) is 45.3 Å². The Morgan fingerprint density at radius 3 is 1.72 bits per heavy atom. The molecule has 4 aliphatic rings. The molecule has 0 aliphatic heterocycles. The molecular weight excluding hydrogens is 448 g/mol. The number of hydrogen-bond acceptors (Lipinski definition) is 4. The van der Waals surface area contributed by atoms with Crippen LogP contribution in [0.4, 0.5) is 0 Å². The largest absolute Gasteiger partial charge is 0.497 e. The number of methoxy groups -OCH3 is 4. The maximum Gasteiger partial charge on any atom is 0.126 e.